The van der Waals surface area contributed by atoms with Crippen LogP contribution in [-0.2, 0) is 12.8 Å². The molecule has 2 rings (SSSR count). The minimum absolute atomic E-state index is 0.786. The van der Waals surface area contributed by atoms with Crippen molar-refractivity contribution in [1.82, 2.24) is 9.97 Å². The van der Waals surface area contributed by atoms with E-state index in [4.69, 9.17) is 0 Å². The van der Waals surface area contributed by atoms with E-state index in [0.717, 1.165) is 36.6 Å². The van der Waals surface area contributed by atoms with Gasteiger partial charge in [-0.15, -0.1) is 0 Å². The van der Waals surface area contributed by atoms with Crippen molar-refractivity contribution in [3.05, 3.63) is 53.0 Å². The molecular weight excluding hydrogens is 234 g/mol. The van der Waals surface area contributed by atoms with Gasteiger partial charge >= 0.3 is 0 Å². The molecule has 0 unspecified atom stereocenters. The van der Waals surface area contributed by atoms with Crippen LogP contribution in [0.5, 0.6) is 0 Å². The summed E-state index contributed by atoms with van der Waals surface area (Å²) in [6.45, 7) is 4.28. The summed E-state index contributed by atoms with van der Waals surface area (Å²) in [6.07, 6.45) is 2.88. The summed E-state index contributed by atoms with van der Waals surface area (Å²) in [6, 6.07) is 10.5. The summed E-state index contributed by atoms with van der Waals surface area (Å²) in [7, 11) is 1.90. The Balaban J connectivity index is 2.26. The second-order valence-corrected chi connectivity index (χ2v) is 4.83. The minimum atomic E-state index is 0.786. The van der Waals surface area contributed by atoms with Gasteiger partial charge in [-0.1, -0.05) is 43.2 Å². The summed E-state index contributed by atoms with van der Waals surface area (Å²) >= 11 is 0. The molecule has 0 bridgehead atoms. The van der Waals surface area contributed by atoms with Crippen molar-refractivity contribution in [2.75, 3.05) is 12.4 Å². The molecule has 1 N–H and O–H groups in total. The Kier molecular flexibility index (Phi) is 4.50. The Bertz CT molecular complexity index is 549. The lowest BCUT2D eigenvalue weighted by Crippen LogP contribution is -2.04. The third-order valence-electron chi connectivity index (χ3n) is 3.03. The van der Waals surface area contributed by atoms with Crippen molar-refractivity contribution in [2.24, 2.45) is 0 Å². The van der Waals surface area contributed by atoms with E-state index < -0.39 is 0 Å². The molecule has 0 aliphatic heterocycles. The minimum Gasteiger partial charge on any atom is -0.373 e. The molecule has 0 spiro atoms. The zero-order chi connectivity index (χ0) is 13.7. The summed E-state index contributed by atoms with van der Waals surface area (Å²) in [4.78, 5) is 9.18. The van der Waals surface area contributed by atoms with E-state index >= 15 is 0 Å². The molecule has 0 aliphatic rings. The molecule has 1 heterocycles. The lowest BCUT2D eigenvalue weighted by Gasteiger charge is -2.08. The number of hydrogen-bond acceptors (Lipinski definition) is 3. The first-order chi connectivity index (χ1) is 9.21. The van der Waals surface area contributed by atoms with Crippen LogP contribution in [0.15, 0.2) is 30.3 Å². The Morgan fingerprint density at radius 2 is 2.00 bits per heavy atom. The average Bonchev–Trinajstić information content (AvgIpc) is 2.39. The molecule has 0 saturated heterocycles. The number of aromatic nitrogens is 2. The Morgan fingerprint density at radius 1 is 1.16 bits per heavy atom. The van der Waals surface area contributed by atoms with Gasteiger partial charge in [-0.2, -0.15) is 0 Å². The van der Waals surface area contributed by atoms with Gasteiger partial charge < -0.3 is 5.32 Å². The normalized spacial score (nSPS) is 10.5. The molecule has 1 aromatic heterocycles. The molecule has 1 aromatic carbocycles. The number of nitrogens with zero attached hydrogens (tertiary/aromatic N) is 2. The highest BCUT2D eigenvalue weighted by Gasteiger charge is 2.05. The molecule has 0 saturated carbocycles. The Morgan fingerprint density at radius 3 is 2.68 bits per heavy atom. The van der Waals surface area contributed by atoms with Crippen LogP contribution in [-0.4, -0.2) is 17.0 Å². The Labute approximate surface area is 115 Å². The van der Waals surface area contributed by atoms with E-state index in [-0.39, 0.29) is 0 Å². The van der Waals surface area contributed by atoms with E-state index in [9.17, 15) is 0 Å². The zero-order valence-corrected chi connectivity index (χ0v) is 11.9. The third kappa shape index (κ3) is 3.78. The van der Waals surface area contributed by atoms with Crippen LogP contribution in [0.4, 0.5) is 5.82 Å². The molecule has 19 heavy (non-hydrogen) atoms. The van der Waals surface area contributed by atoms with Crippen molar-refractivity contribution in [3.63, 3.8) is 0 Å². The van der Waals surface area contributed by atoms with Gasteiger partial charge in [-0.25, -0.2) is 9.97 Å². The van der Waals surface area contributed by atoms with Gasteiger partial charge in [0.15, 0.2) is 0 Å². The number of anilines is 1. The second kappa shape index (κ2) is 6.32. The SMILES string of the molecule is CCCc1cc(NC)nc(Cc2cccc(C)c2)n1. The van der Waals surface area contributed by atoms with Crippen LogP contribution >= 0.6 is 0 Å². The summed E-state index contributed by atoms with van der Waals surface area (Å²) < 4.78 is 0. The van der Waals surface area contributed by atoms with E-state index in [1.165, 1.54) is 11.1 Å². The van der Waals surface area contributed by atoms with Gasteiger partial charge in [-0.05, 0) is 18.9 Å². The van der Waals surface area contributed by atoms with Crippen LogP contribution < -0.4 is 5.32 Å². The van der Waals surface area contributed by atoms with Crippen LogP contribution in [0.25, 0.3) is 0 Å². The number of aryl methyl sites for hydroxylation is 2. The lowest BCUT2D eigenvalue weighted by atomic mass is 10.1. The summed E-state index contributed by atoms with van der Waals surface area (Å²) in [5.41, 5.74) is 3.65. The first-order valence-electron chi connectivity index (χ1n) is 6.81. The van der Waals surface area contributed by atoms with Gasteiger partial charge in [0.05, 0.1) is 0 Å². The molecular formula is C16H21N3. The Hall–Kier alpha value is -1.90. The van der Waals surface area contributed by atoms with Crippen LogP contribution in [0.2, 0.25) is 0 Å². The van der Waals surface area contributed by atoms with Crippen LogP contribution in [0.3, 0.4) is 0 Å². The molecule has 0 amide bonds. The highest BCUT2D eigenvalue weighted by molar-refractivity contribution is 5.36. The van der Waals surface area contributed by atoms with Crippen molar-refractivity contribution in [2.45, 2.75) is 33.1 Å². The number of rotatable bonds is 5. The van der Waals surface area contributed by atoms with Crippen molar-refractivity contribution >= 4 is 5.82 Å². The molecule has 2 aromatic rings. The predicted octanol–water partition coefficient (Wildman–Crippen LogP) is 3.37. The topological polar surface area (TPSA) is 37.8 Å². The molecule has 3 heteroatoms. The maximum absolute atomic E-state index is 4.64. The monoisotopic (exact) mass is 255 g/mol. The van der Waals surface area contributed by atoms with Crippen molar-refractivity contribution < 1.29 is 0 Å². The largest absolute Gasteiger partial charge is 0.373 e. The quantitative estimate of drug-likeness (QED) is 0.890. The van der Waals surface area contributed by atoms with Crippen molar-refractivity contribution in [3.8, 4) is 0 Å². The first-order valence-corrected chi connectivity index (χ1v) is 6.81. The maximum atomic E-state index is 4.64. The number of nitrogens with one attached hydrogen (secondary N) is 1. The molecule has 100 valence electrons. The zero-order valence-electron chi connectivity index (χ0n) is 11.9. The highest BCUT2D eigenvalue weighted by atomic mass is 15.0. The lowest BCUT2D eigenvalue weighted by molar-refractivity contribution is 0.843. The van der Waals surface area contributed by atoms with E-state index in [2.05, 4.69) is 53.4 Å². The van der Waals surface area contributed by atoms with Crippen LogP contribution in [0.1, 0.15) is 36.0 Å². The third-order valence-corrected chi connectivity index (χ3v) is 3.03. The van der Waals surface area contributed by atoms with Gasteiger partial charge in [0.1, 0.15) is 11.6 Å². The maximum Gasteiger partial charge on any atom is 0.135 e. The van der Waals surface area contributed by atoms with E-state index in [0.29, 0.717) is 0 Å². The smallest absolute Gasteiger partial charge is 0.135 e. The molecule has 3 nitrogen and oxygen atoms in total. The fraction of sp³-hybridized carbons (Fsp3) is 0.375. The average molecular weight is 255 g/mol. The van der Waals surface area contributed by atoms with Gasteiger partial charge in [-0.3, -0.25) is 0 Å². The standard InChI is InChI=1S/C16H21N3/c1-4-6-14-11-15(17-3)19-16(18-14)10-13-8-5-7-12(2)9-13/h5,7-9,11H,4,6,10H2,1-3H3,(H,17,18,19). The van der Waals surface area contributed by atoms with E-state index in [1.807, 2.05) is 13.1 Å². The van der Waals surface area contributed by atoms with Gasteiger partial charge in [0.25, 0.3) is 0 Å². The first kappa shape index (κ1) is 13.5. The van der Waals surface area contributed by atoms with Gasteiger partial charge in [0.2, 0.25) is 0 Å². The van der Waals surface area contributed by atoms with E-state index in [1.54, 1.807) is 0 Å². The van der Waals surface area contributed by atoms with Gasteiger partial charge in [0, 0.05) is 25.2 Å². The molecule has 0 radical (unpaired) electrons. The van der Waals surface area contributed by atoms with Crippen LogP contribution in [0, 0.1) is 6.92 Å². The molecule has 0 fully saturated rings. The number of benzene rings is 1. The fourth-order valence-corrected chi connectivity index (χ4v) is 2.15. The fourth-order valence-electron chi connectivity index (χ4n) is 2.15. The second-order valence-electron chi connectivity index (χ2n) is 4.83. The summed E-state index contributed by atoms with van der Waals surface area (Å²) in [5.74, 6) is 1.79. The summed E-state index contributed by atoms with van der Waals surface area (Å²) in [5, 5.41) is 3.11. The molecule has 0 aliphatic carbocycles. The highest BCUT2D eigenvalue weighted by Crippen LogP contribution is 2.13. The molecule has 0 atom stereocenters. The number of hydrogen-bond donors (Lipinski definition) is 1. The van der Waals surface area contributed by atoms with Crippen molar-refractivity contribution in [1.29, 1.82) is 0 Å². The predicted molar refractivity (Wildman–Crippen MR) is 79.6 cm³/mol.